The maximum Gasteiger partial charge on any atom is 0.0482 e. The van der Waals surface area contributed by atoms with Gasteiger partial charge in [0.05, 0.1) is 0 Å². The number of halogens is 3. The first-order valence-electron chi connectivity index (χ1n) is 6.84. The summed E-state index contributed by atoms with van der Waals surface area (Å²) in [6.45, 7) is 1.22. The van der Waals surface area contributed by atoms with Crippen LogP contribution in [0, 0.1) is 5.92 Å². The monoisotopic (exact) mass is 380 g/mol. The van der Waals surface area contributed by atoms with Gasteiger partial charge in [-0.25, -0.2) is 0 Å². The molecule has 1 aromatic carbocycles. The Kier molecular flexibility index (Phi) is 6.36. The van der Waals surface area contributed by atoms with E-state index in [-0.39, 0.29) is 36.4 Å². The van der Waals surface area contributed by atoms with Crippen LogP contribution in [0.25, 0.3) is 0 Å². The van der Waals surface area contributed by atoms with Crippen LogP contribution in [0.15, 0.2) is 28.7 Å². The number of likely N-dealkylation sites (N-methyl/N-ethyl adjacent to an activating group) is 1. The van der Waals surface area contributed by atoms with Crippen molar-refractivity contribution in [3.8, 4) is 0 Å². The molecule has 2 saturated heterocycles. The average molecular weight is 382 g/mol. The molecule has 114 valence electrons. The molecular formula is C15H23BrCl2N2. The quantitative estimate of drug-likeness (QED) is 0.832. The molecule has 0 radical (unpaired) electrons. The second-order valence-electron chi connectivity index (χ2n) is 5.96. The van der Waals surface area contributed by atoms with Crippen LogP contribution in [0.4, 0.5) is 0 Å². The number of piperidine rings is 2. The SMILES string of the molecule is CN1CC2CCC1(C(N)c1cccc(Br)c1)CC2.Cl.Cl. The molecule has 0 aromatic heterocycles. The van der Waals surface area contributed by atoms with Crippen molar-refractivity contribution in [2.24, 2.45) is 11.7 Å². The van der Waals surface area contributed by atoms with Gasteiger partial charge in [0, 0.05) is 22.6 Å². The molecule has 0 amide bonds. The summed E-state index contributed by atoms with van der Waals surface area (Å²) in [6.07, 6.45) is 5.21. The Morgan fingerprint density at radius 2 is 1.95 bits per heavy atom. The lowest BCUT2D eigenvalue weighted by molar-refractivity contribution is -0.0335. The summed E-state index contributed by atoms with van der Waals surface area (Å²) in [5.41, 5.74) is 8.09. The molecule has 2 N–H and O–H groups in total. The summed E-state index contributed by atoms with van der Waals surface area (Å²) >= 11 is 3.55. The van der Waals surface area contributed by atoms with Gasteiger partial charge >= 0.3 is 0 Å². The predicted molar refractivity (Wildman–Crippen MR) is 92.9 cm³/mol. The van der Waals surface area contributed by atoms with Crippen LogP contribution in [0.1, 0.15) is 37.3 Å². The van der Waals surface area contributed by atoms with Gasteiger partial charge in [-0.05, 0) is 56.3 Å². The summed E-state index contributed by atoms with van der Waals surface area (Å²) < 4.78 is 1.12. The molecule has 2 nitrogen and oxygen atoms in total. The van der Waals surface area contributed by atoms with E-state index in [9.17, 15) is 0 Å². The second kappa shape index (κ2) is 6.97. The molecule has 1 atom stereocenters. The minimum Gasteiger partial charge on any atom is -0.322 e. The van der Waals surface area contributed by atoms with E-state index in [0.717, 1.165) is 10.4 Å². The third-order valence-corrected chi connectivity index (χ3v) is 5.54. The van der Waals surface area contributed by atoms with E-state index >= 15 is 0 Å². The fourth-order valence-electron chi connectivity index (χ4n) is 3.87. The molecule has 20 heavy (non-hydrogen) atoms. The highest BCUT2D eigenvalue weighted by Gasteiger charge is 2.48. The van der Waals surface area contributed by atoms with E-state index in [0.29, 0.717) is 0 Å². The van der Waals surface area contributed by atoms with Gasteiger partial charge in [0.2, 0.25) is 0 Å². The van der Waals surface area contributed by atoms with Crippen LogP contribution in [0.2, 0.25) is 0 Å². The first kappa shape index (κ1) is 18.2. The van der Waals surface area contributed by atoms with Gasteiger partial charge in [-0.3, -0.25) is 4.90 Å². The standard InChI is InChI=1S/C15H21BrN2.2ClH/c1-18-10-11-5-7-15(18,8-6-11)14(17)12-3-2-4-13(16)9-12;;/h2-4,9,11,14H,5-8,10,17H2,1H3;2*1H. The van der Waals surface area contributed by atoms with Crippen molar-refractivity contribution in [3.05, 3.63) is 34.3 Å². The molecule has 5 heteroatoms. The van der Waals surface area contributed by atoms with Crippen LogP contribution in [0.5, 0.6) is 0 Å². The zero-order valence-corrected chi connectivity index (χ0v) is 14.9. The maximum absolute atomic E-state index is 6.64. The third-order valence-electron chi connectivity index (χ3n) is 5.05. The highest BCUT2D eigenvalue weighted by atomic mass is 79.9. The third kappa shape index (κ3) is 3.02. The van der Waals surface area contributed by atoms with E-state index in [1.807, 2.05) is 0 Å². The van der Waals surface area contributed by atoms with Crippen molar-refractivity contribution < 1.29 is 0 Å². The van der Waals surface area contributed by atoms with Crippen molar-refractivity contribution in [2.75, 3.05) is 13.6 Å². The van der Waals surface area contributed by atoms with E-state index in [2.05, 4.69) is 52.1 Å². The average Bonchev–Trinajstić information content (AvgIpc) is 2.39. The molecule has 1 aliphatic carbocycles. The lowest BCUT2D eigenvalue weighted by Crippen LogP contribution is -2.61. The van der Waals surface area contributed by atoms with Gasteiger partial charge in [0.25, 0.3) is 0 Å². The van der Waals surface area contributed by atoms with Gasteiger partial charge < -0.3 is 5.73 Å². The van der Waals surface area contributed by atoms with Gasteiger partial charge in [-0.2, -0.15) is 0 Å². The number of benzene rings is 1. The number of hydrogen-bond acceptors (Lipinski definition) is 2. The van der Waals surface area contributed by atoms with E-state index in [1.165, 1.54) is 37.8 Å². The summed E-state index contributed by atoms with van der Waals surface area (Å²) in [5.74, 6) is 0.909. The Labute approximate surface area is 142 Å². The molecule has 0 spiro atoms. The second-order valence-corrected chi connectivity index (χ2v) is 6.88. The lowest BCUT2D eigenvalue weighted by atomic mass is 9.66. The number of nitrogens with two attached hydrogens (primary N) is 1. The normalized spacial score (nSPS) is 30.2. The van der Waals surface area contributed by atoms with Crippen LogP contribution >= 0.6 is 40.7 Å². The Hall–Kier alpha value is 0.200. The van der Waals surface area contributed by atoms with Crippen LogP contribution in [-0.4, -0.2) is 24.0 Å². The Morgan fingerprint density at radius 1 is 1.30 bits per heavy atom. The Morgan fingerprint density at radius 3 is 2.50 bits per heavy atom. The molecular weight excluding hydrogens is 359 g/mol. The zero-order chi connectivity index (χ0) is 12.8. The summed E-state index contributed by atoms with van der Waals surface area (Å²) in [5, 5.41) is 0. The molecule has 4 rings (SSSR count). The molecule has 3 fully saturated rings. The number of fused-ring (bicyclic) bond motifs is 3. The van der Waals surface area contributed by atoms with Gasteiger partial charge in [0.15, 0.2) is 0 Å². The van der Waals surface area contributed by atoms with Gasteiger partial charge in [0.1, 0.15) is 0 Å². The number of rotatable bonds is 2. The van der Waals surface area contributed by atoms with Crippen molar-refractivity contribution in [1.29, 1.82) is 0 Å². The predicted octanol–water partition coefficient (Wildman–Crippen LogP) is 4.17. The number of hydrogen-bond donors (Lipinski definition) is 1. The van der Waals surface area contributed by atoms with Crippen molar-refractivity contribution in [3.63, 3.8) is 0 Å². The zero-order valence-electron chi connectivity index (χ0n) is 11.7. The van der Waals surface area contributed by atoms with E-state index in [1.54, 1.807) is 0 Å². The Bertz CT molecular complexity index is 447. The largest absolute Gasteiger partial charge is 0.322 e. The molecule has 2 heterocycles. The van der Waals surface area contributed by atoms with Crippen LogP contribution in [-0.2, 0) is 0 Å². The first-order valence-corrected chi connectivity index (χ1v) is 7.63. The summed E-state index contributed by atoms with van der Waals surface area (Å²) in [7, 11) is 2.25. The molecule has 1 aromatic rings. The summed E-state index contributed by atoms with van der Waals surface area (Å²) in [6, 6.07) is 8.62. The maximum atomic E-state index is 6.64. The fraction of sp³-hybridized carbons (Fsp3) is 0.600. The van der Waals surface area contributed by atoms with Gasteiger partial charge in [-0.1, -0.05) is 28.1 Å². The topological polar surface area (TPSA) is 29.3 Å². The van der Waals surface area contributed by atoms with E-state index < -0.39 is 0 Å². The lowest BCUT2D eigenvalue weighted by Gasteiger charge is -2.56. The first-order chi connectivity index (χ1) is 8.62. The fourth-order valence-corrected chi connectivity index (χ4v) is 4.29. The van der Waals surface area contributed by atoms with Crippen molar-refractivity contribution >= 4 is 40.7 Å². The highest BCUT2D eigenvalue weighted by Crippen LogP contribution is 2.48. The highest BCUT2D eigenvalue weighted by molar-refractivity contribution is 9.10. The van der Waals surface area contributed by atoms with Crippen molar-refractivity contribution in [1.82, 2.24) is 4.90 Å². The van der Waals surface area contributed by atoms with E-state index in [4.69, 9.17) is 5.73 Å². The summed E-state index contributed by atoms with van der Waals surface area (Å²) in [4.78, 5) is 2.52. The smallest absolute Gasteiger partial charge is 0.0482 e. The molecule has 1 saturated carbocycles. The van der Waals surface area contributed by atoms with Crippen LogP contribution < -0.4 is 5.73 Å². The molecule has 2 bridgehead atoms. The minimum absolute atomic E-state index is 0. The van der Waals surface area contributed by atoms with Gasteiger partial charge in [-0.15, -0.1) is 24.8 Å². The molecule has 2 aliphatic heterocycles. The minimum atomic E-state index is 0. The van der Waals surface area contributed by atoms with Crippen LogP contribution in [0.3, 0.4) is 0 Å². The molecule has 1 unspecified atom stereocenters. The number of nitrogens with zero attached hydrogens (tertiary/aromatic N) is 1. The molecule has 3 aliphatic rings. The van der Waals surface area contributed by atoms with Crippen molar-refractivity contribution in [2.45, 2.75) is 37.3 Å². The Balaban J connectivity index is 0.000001000.